The Bertz CT molecular complexity index is 657. The molecular weight excluding hydrogens is 370 g/mol. The number of anilines is 1. The molecular formula is C18H26ClN5O3. The van der Waals surface area contributed by atoms with Crippen molar-refractivity contribution < 1.29 is 14.3 Å². The van der Waals surface area contributed by atoms with E-state index in [1.807, 2.05) is 0 Å². The number of piperazine rings is 1. The summed E-state index contributed by atoms with van der Waals surface area (Å²) in [6.45, 7) is 3.93. The molecule has 2 N–H and O–H groups in total. The molecule has 0 aromatic carbocycles. The Kier molecular flexibility index (Phi) is 6.84. The van der Waals surface area contributed by atoms with Crippen LogP contribution in [-0.2, 0) is 14.3 Å². The van der Waals surface area contributed by atoms with Crippen molar-refractivity contribution in [2.75, 3.05) is 31.6 Å². The Balaban J connectivity index is 1.63. The number of rotatable bonds is 6. The molecule has 2 fully saturated rings. The molecule has 1 aromatic rings. The highest BCUT2D eigenvalue weighted by Gasteiger charge is 2.37. The highest BCUT2D eigenvalue weighted by atomic mass is 35.5. The lowest BCUT2D eigenvalue weighted by Gasteiger charge is -2.38. The summed E-state index contributed by atoms with van der Waals surface area (Å²) in [6, 6.07) is 0.0337. The van der Waals surface area contributed by atoms with Gasteiger partial charge in [0.05, 0.1) is 36.1 Å². The van der Waals surface area contributed by atoms with Crippen LogP contribution in [0.3, 0.4) is 0 Å². The molecule has 2 amide bonds. The molecule has 3 rings (SSSR count). The van der Waals surface area contributed by atoms with Crippen molar-refractivity contribution in [3.63, 3.8) is 0 Å². The van der Waals surface area contributed by atoms with Crippen LogP contribution in [0.5, 0.6) is 0 Å². The van der Waals surface area contributed by atoms with E-state index < -0.39 is 0 Å². The van der Waals surface area contributed by atoms with Crippen molar-refractivity contribution in [1.82, 2.24) is 20.2 Å². The number of hydrogen-bond acceptors (Lipinski definition) is 6. The highest BCUT2D eigenvalue weighted by molar-refractivity contribution is 6.30. The van der Waals surface area contributed by atoms with Crippen LogP contribution < -0.4 is 10.6 Å². The van der Waals surface area contributed by atoms with E-state index in [1.54, 1.807) is 17.3 Å². The van der Waals surface area contributed by atoms with Crippen LogP contribution in [-0.4, -0.2) is 65.1 Å². The van der Waals surface area contributed by atoms with E-state index in [0.29, 0.717) is 37.1 Å². The van der Waals surface area contributed by atoms with Crippen molar-refractivity contribution in [2.24, 2.45) is 5.92 Å². The van der Waals surface area contributed by atoms with Crippen molar-refractivity contribution in [3.05, 3.63) is 17.4 Å². The van der Waals surface area contributed by atoms with Gasteiger partial charge in [-0.3, -0.25) is 9.59 Å². The molecule has 0 bridgehead atoms. The lowest BCUT2D eigenvalue weighted by atomic mass is 9.82. The fourth-order valence-electron chi connectivity index (χ4n) is 3.61. The maximum absolute atomic E-state index is 12.9. The zero-order valence-corrected chi connectivity index (χ0v) is 16.2. The molecule has 1 saturated heterocycles. The summed E-state index contributed by atoms with van der Waals surface area (Å²) in [5.74, 6) is 0.341. The third-order valence-corrected chi connectivity index (χ3v) is 5.16. The number of amides is 2. The number of ether oxygens (including phenoxy) is 1. The predicted octanol–water partition coefficient (Wildman–Crippen LogP) is 1.46. The van der Waals surface area contributed by atoms with Gasteiger partial charge in [0.25, 0.3) is 0 Å². The molecule has 3 atom stereocenters. The van der Waals surface area contributed by atoms with Gasteiger partial charge in [0, 0.05) is 25.6 Å². The van der Waals surface area contributed by atoms with Crippen molar-refractivity contribution in [1.29, 1.82) is 0 Å². The second-order valence-electron chi connectivity index (χ2n) is 7.00. The number of aromatic nitrogens is 2. The van der Waals surface area contributed by atoms with Gasteiger partial charge in [0.15, 0.2) is 0 Å². The third kappa shape index (κ3) is 5.29. The minimum absolute atomic E-state index is 0.0337. The summed E-state index contributed by atoms with van der Waals surface area (Å²) < 4.78 is 6.04. The Labute approximate surface area is 164 Å². The van der Waals surface area contributed by atoms with E-state index in [-0.39, 0.29) is 36.4 Å². The van der Waals surface area contributed by atoms with Crippen molar-refractivity contribution >= 4 is 29.4 Å². The molecule has 1 aliphatic carbocycles. The summed E-state index contributed by atoms with van der Waals surface area (Å²) in [5, 5.41) is 6.56. The van der Waals surface area contributed by atoms with E-state index in [2.05, 4.69) is 27.5 Å². The van der Waals surface area contributed by atoms with E-state index in [0.717, 1.165) is 19.3 Å². The summed E-state index contributed by atoms with van der Waals surface area (Å²) in [7, 11) is 0. The van der Waals surface area contributed by atoms with E-state index >= 15 is 0 Å². The Hall–Kier alpha value is -1.93. The van der Waals surface area contributed by atoms with Crippen LogP contribution in [0, 0.1) is 5.92 Å². The van der Waals surface area contributed by atoms with Gasteiger partial charge in [-0.25, -0.2) is 9.97 Å². The lowest BCUT2D eigenvalue weighted by molar-refractivity contribution is -0.143. The van der Waals surface area contributed by atoms with E-state index in [9.17, 15) is 9.59 Å². The first-order valence-corrected chi connectivity index (χ1v) is 9.85. The molecule has 0 radical (unpaired) electrons. The van der Waals surface area contributed by atoms with Crippen LogP contribution >= 0.6 is 11.6 Å². The van der Waals surface area contributed by atoms with Gasteiger partial charge in [-0.15, -0.1) is 0 Å². The highest BCUT2D eigenvalue weighted by Crippen LogP contribution is 2.30. The number of nitrogens with zero attached hydrogens (tertiary/aromatic N) is 3. The average Bonchev–Trinajstić information content (AvgIpc) is 2.68. The zero-order valence-electron chi connectivity index (χ0n) is 15.5. The summed E-state index contributed by atoms with van der Waals surface area (Å²) >= 11 is 5.84. The first kappa shape index (κ1) is 19.8. The third-order valence-electron chi connectivity index (χ3n) is 4.96. The molecule has 1 saturated carbocycles. The fourth-order valence-corrected chi connectivity index (χ4v) is 3.71. The second-order valence-corrected chi connectivity index (χ2v) is 7.44. The molecule has 1 aliphatic heterocycles. The first-order valence-electron chi connectivity index (χ1n) is 9.48. The Morgan fingerprint density at radius 1 is 1.41 bits per heavy atom. The van der Waals surface area contributed by atoms with Gasteiger partial charge >= 0.3 is 0 Å². The number of hydrogen-bond donors (Lipinski definition) is 2. The fraction of sp³-hybridized carbons (Fsp3) is 0.667. The molecule has 8 nitrogen and oxygen atoms in total. The van der Waals surface area contributed by atoms with E-state index in [1.165, 1.54) is 0 Å². The Morgan fingerprint density at radius 2 is 2.19 bits per heavy atom. The van der Waals surface area contributed by atoms with Gasteiger partial charge in [0.1, 0.15) is 0 Å². The molecule has 148 valence electrons. The van der Waals surface area contributed by atoms with Crippen LogP contribution in [0.25, 0.3) is 0 Å². The van der Waals surface area contributed by atoms with E-state index in [4.69, 9.17) is 16.3 Å². The molecule has 2 heterocycles. The smallest absolute Gasteiger partial charge is 0.239 e. The van der Waals surface area contributed by atoms with Gasteiger partial charge in [0.2, 0.25) is 17.8 Å². The van der Waals surface area contributed by atoms with Gasteiger partial charge in [-0.1, -0.05) is 18.5 Å². The zero-order chi connectivity index (χ0) is 19.2. The normalized spacial score (nSPS) is 25.8. The largest absolute Gasteiger partial charge is 0.376 e. The molecule has 0 unspecified atom stereocenters. The van der Waals surface area contributed by atoms with Crippen LogP contribution in [0.4, 0.5) is 5.95 Å². The number of carbonyl (C=O) groups is 2. The summed E-state index contributed by atoms with van der Waals surface area (Å²) in [4.78, 5) is 34.5. The number of halogens is 1. The monoisotopic (exact) mass is 395 g/mol. The van der Waals surface area contributed by atoms with Crippen molar-refractivity contribution in [3.8, 4) is 0 Å². The van der Waals surface area contributed by atoms with Gasteiger partial charge in [-0.2, -0.15) is 0 Å². The van der Waals surface area contributed by atoms with Gasteiger partial charge < -0.3 is 20.3 Å². The number of carbonyl (C=O) groups excluding carboxylic acids is 2. The second kappa shape index (κ2) is 9.32. The van der Waals surface area contributed by atoms with Crippen molar-refractivity contribution in [2.45, 2.75) is 44.8 Å². The van der Waals surface area contributed by atoms with Crippen LogP contribution in [0.15, 0.2) is 12.4 Å². The molecule has 2 aliphatic rings. The maximum Gasteiger partial charge on any atom is 0.239 e. The summed E-state index contributed by atoms with van der Waals surface area (Å²) in [5.41, 5.74) is 0. The molecule has 27 heavy (non-hydrogen) atoms. The quantitative estimate of drug-likeness (QED) is 0.757. The summed E-state index contributed by atoms with van der Waals surface area (Å²) in [6.07, 6.45) is 6.05. The minimum atomic E-state index is -0.123. The van der Waals surface area contributed by atoms with Gasteiger partial charge in [-0.05, 0) is 25.7 Å². The minimum Gasteiger partial charge on any atom is -0.376 e. The SMILES string of the molecule is CCCO[C@@H]1C[C@@H](C(=O)N2CCNC(=O)C2)CC[C@H]1Nc1ncc(Cl)cn1. The molecule has 1 aromatic heterocycles. The molecule has 9 heteroatoms. The first-order chi connectivity index (χ1) is 13.1. The standard InChI is InChI=1S/C18H26ClN5O3/c1-2-7-27-15-8-12(17(26)24-6-5-20-16(25)11-24)3-4-14(15)23-18-21-9-13(19)10-22-18/h9-10,12,14-15H,2-8,11H2,1H3,(H,20,25)(H,21,22,23)/t12-,14+,15+/m0/s1. The lowest BCUT2D eigenvalue weighted by Crippen LogP contribution is -2.53. The topological polar surface area (TPSA) is 96.5 Å². The number of nitrogens with one attached hydrogen (secondary N) is 2. The van der Waals surface area contributed by atoms with Crippen LogP contribution in [0.1, 0.15) is 32.6 Å². The molecule has 0 spiro atoms. The predicted molar refractivity (Wildman–Crippen MR) is 101 cm³/mol. The average molecular weight is 396 g/mol. The maximum atomic E-state index is 12.9. The Morgan fingerprint density at radius 3 is 2.89 bits per heavy atom. The van der Waals surface area contributed by atoms with Crippen LogP contribution in [0.2, 0.25) is 5.02 Å².